The van der Waals surface area contributed by atoms with Gasteiger partial charge in [-0.15, -0.1) is 0 Å². The fourth-order valence-electron chi connectivity index (χ4n) is 5.12. The molecule has 2 aliphatic carbocycles. The van der Waals surface area contributed by atoms with E-state index < -0.39 is 55.6 Å². The Hall–Kier alpha value is -2.92. The Bertz CT molecular complexity index is 1400. The fourth-order valence-corrected chi connectivity index (χ4v) is 7.34. The zero-order valence-corrected chi connectivity index (χ0v) is 21.7. The van der Waals surface area contributed by atoms with Gasteiger partial charge < -0.3 is 15.6 Å². The number of amides is 2. The summed E-state index contributed by atoms with van der Waals surface area (Å²) in [7, 11) is -4.02. The number of sulfone groups is 1. The summed E-state index contributed by atoms with van der Waals surface area (Å²) in [6.07, 6.45) is -1.68. The van der Waals surface area contributed by atoms with Crippen molar-refractivity contribution < 1.29 is 31.2 Å². The number of halogens is 4. The molecule has 202 valence electrons. The number of hydrogen-bond acceptors (Lipinski definition) is 5. The van der Waals surface area contributed by atoms with Crippen molar-refractivity contribution in [3.8, 4) is 0 Å². The van der Waals surface area contributed by atoms with Crippen molar-refractivity contribution in [2.45, 2.75) is 65.4 Å². The molecule has 1 saturated heterocycles. The zero-order valence-electron chi connectivity index (χ0n) is 20.1. The van der Waals surface area contributed by atoms with Crippen LogP contribution < -0.4 is 5.32 Å². The molecule has 0 spiro atoms. The lowest BCUT2D eigenvalue weighted by atomic mass is 9.93. The molecular weight excluding hydrogens is 543 g/mol. The van der Waals surface area contributed by atoms with Crippen LogP contribution >= 0.6 is 11.6 Å². The molecule has 1 heterocycles. The molecule has 2 N–H and O–H groups in total. The maximum atomic E-state index is 13.9. The predicted molar refractivity (Wildman–Crippen MR) is 134 cm³/mol. The van der Waals surface area contributed by atoms with E-state index in [4.69, 9.17) is 17.0 Å². The largest absolute Gasteiger partial charge is 0.416 e. The molecule has 38 heavy (non-hydrogen) atoms. The average Bonchev–Trinajstić information content (AvgIpc) is 3.80. The summed E-state index contributed by atoms with van der Waals surface area (Å²) in [6.45, 7) is -0.259. The fraction of sp³-hybridized carbons (Fsp3) is 0.423. The number of nitrogens with zero attached hydrogens (tertiary/aromatic N) is 1. The van der Waals surface area contributed by atoms with Gasteiger partial charge in [0.25, 0.3) is 0 Å². The standard InChI is InChI=1S/C26H25ClF3N3O4S/c27-19-3-1-2-4-21(19)38(36,37)18-13-20(22(34)32-24(15-31)9-10-24)33(14-18)23(35)25(11-12-25)16-5-7-17(8-6-16)26(28,29)30/h1-8,15,18,20,31H,9-14H2,(H,32,34)/t18-,20+/m1/s1. The number of alkyl halides is 3. The third-order valence-corrected chi connectivity index (χ3v) is 10.4. The molecule has 2 aromatic carbocycles. The summed E-state index contributed by atoms with van der Waals surface area (Å²) in [5.41, 5.74) is -2.36. The van der Waals surface area contributed by atoms with Crippen LogP contribution in [0.15, 0.2) is 53.4 Å². The van der Waals surface area contributed by atoms with E-state index in [1.54, 1.807) is 6.07 Å². The molecular formula is C26H25ClF3N3O4S. The molecule has 2 atom stereocenters. The van der Waals surface area contributed by atoms with Crippen molar-refractivity contribution in [3.63, 3.8) is 0 Å². The van der Waals surface area contributed by atoms with Gasteiger partial charge in [0.2, 0.25) is 11.8 Å². The van der Waals surface area contributed by atoms with Crippen molar-refractivity contribution in [3.05, 3.63) is 64.7 Å². The van der Waals surface area contributed by atoms with Crippen LogP contribution in [0.3, 0.4) is 0 Å². The van der Waals surface area contributed by atoms with Gasteiger partial charge in [0.15, 0.2) is 9.84 Å². The van der Waals surface area contributed by atoms with E-state index in [1.807, 2.05) is 0 Å². The summed E-state index contributed by atoms with van der Waals surface area (Å²) in [6, 6.07) is 9.20. The van der Waals surface area contributed by atoms with Gasteiger partial charge in [-0.05, 0) is 61.9 Å². The molecule has 0 bridgehead atoms. The van der Waals surface area contributed by atoms with Gasteiger partial charge in [0, 0.05) is 12.8 Å². The van der Waals surface area contributed by atoms with Crippen molar-refractivity contribution >= 4 is 39.5 Å². The van der Waals surface area contributed by atoms with Crippen LogP contribution in [0.2, 0.25) is 5.02 Å². The summed E-state index contributed by atoms with van der Waals surface area (Å²) in [5, 5.41) is 9.31. The molecule has 0 aromatic heterocycles. The summed E-state index contributed by atoms with van der Waals surface area (Å²) in [5.74, 6) is -1.05. The maximum absolute atomic E-state index is 13.9. The maximum Gasteiger partial charge on any atom is 0.416 e. The highest BCUT2D eigenvalue weighted by molar-refractivity contribution is 7.92. The first-order valence-corrected chi connectivity index (χ1v) is 14.1. The number of hydrogen-bond donors (Lipinski definition) is 2. The third-order valence-electron chi connectivity index (χ3n) is 7.77. The van der Waals surface area contributed by atoms with Crippen LogP contribution in [0, 0.1) is 5.41 Å². The number of benzene rings is 2. The SMILES string of the molecule is N=CC1(NC(=O)[C@@H]2C[C@@H](S(=O)(=O)c3ccccc3Cl)CN2C(=O)C2(c3ccc(C(F)(F)F)cc3)CC2)CC1. The molecule has 0 radical (unpaired) electrons. The lowest BCUT2D eigenvalue weighted by Crippen LogP contribution is -2.52. The van der Waals surface area contributed by atoms with Crippen LogP contribution in [-0.4, -0.2) is 54.7 Å². The number of likely N-dealkylation sites (tertiary alicyclic amines) is 1. The zero-order chi connectivity index (χ0) is 27.5. The Balaban J connectivity index is 1.47. The van der Waals surface area contributed by atoms with Crippen LogP contribution in [0.25, 0.3) is 0 Å². The minimum atomic E-state index is -4.52. The Kier molecular flexibility index (Phi) is 6.38. The molecule has 2 saturated carbocycles. The van der Waals surface area contributed by atoms with Crippen LogP contribution in [-0.2, 0) is 31.0 Å². The first-order valence-electron chi connectivity index (χ1n) is 12.1. The van der Waals surface area contributed by atoms with Crippen LogP contribution in [0.4, 0.5) is 13.2 Å². The van der Waals surface area contributed by atoms with Crippen molar-refractivity contribution in [2.24, 2.45) is 0 Å². The van der Waals surface area contributed by atoms with Crippen molar-refractivity contribution in [1.82, 2.24) is 10.2 Å². The second-order valence-corrected chi connectivity index (χ2v) is 12.9. The smallest absolute Gasteiger partial charge is 0.344 e. The second kappa shape index (κ2) is 9.08. The summed E-state index contributed by atoms with van der Waals surface area (Å²) >= 11 is 6.16. The first-order chi connectivity index (χ1) is 17.8. The molecule has 0 unspecified atom stereocenters. The highest BCUT2D eigenvalue weighted by Crippen LogP contribution is 2.51. The van der Waals surface area contributed by atoms with Gasteiger partial charge >= 0.3 is 6.18 Å². The molecule has 2 amide bonds. The number of rotatable bonds is 7. The number of nitrogens with one attached hydrogen (secondary N) is 2. The highest BCUT2D eigenvalue weighted by atomic mass is 35.5. The van der Waals surface area contributed by atoms with E-state index in [-0.39, 0.29) is 22.9 Å². The van der Waals surface area contributed by atoms with Gasteiger partial charge in [0.05, 0.1) is 31.7 Å². The summed E-state index contributed by atoms with van der Waals surface area (Å²) < 4.78 is 66.2. The summed E-state index contributed by atoms with van der Waals surface area (Å²) in [4.78, 5) is 28.4. The number of carbonyl (C=O) groups is 2. The van der Waals surface area contributed by atoms with Gasteiger partial charge in [-0.2, -0.15) is 13.2 Å². The molecule has 5 rings (SSSR count). The Morgan fingerprint density at radius 1 is 1.05 bits per heavy atom. The Labute approximate surface area is 222 Å². The van der Waals surface area contributed by atoms with Gasteiger partial charge in [-0.1, -0.05) is 35.9 Å². The van der Waals surface area contributed by atoms with Gasteiger partial charge in [-0.25, -0.2) is 8.42 Å². The molecule has 3 fully saturated rings. The second-order valence-electron chi connectivity index (χ2n) is 10.3. The van der Waals surface area contributed by atoms with Gasteiger partial charge in [0.1, 0.15) is 6.04 Å². The minimum Gasteiger partial charge on any atom is -0.344 e. The predicted octanol–water partition coefficient (Wildman–Crippen LogP) is 4.13. The minimum absolute atomic E-state index is 0.0300. The van der Waals surface area contributed by atoms with Crippen LogP contribution in [0.1, 0.15) is 43.2 Å². The Morgan fingerprint density at radius 2 is 1.68 bits per heavy atom. The van der Waals surface area contributed by atoms with E-state index in [9.17, 15) is 31.2 Å². The van der Waals surface area contributed by atoms with Crippen molar-refractivity contribution in [1.29, 1.82) is 5.41 Å². The van der Waals surface area contributed by atoms with E-state index in [2.05, 4.69) is 5.32 Å². The lowest BCUT2D eigenvalue weighted by Gasteiger charge is -2.29. The monoisotopic (exact) mass is 567 g/mol. The molecule has 2 aromatic rings. The molecule has 1 aliphatic heterocycles. The highest BCUT2D eigenvalue weighted by Gasteiger charge is 2.58. The quantitative estimate of drug-likeness (QED) is 0.491. The van der Waals surface area contributed by atoms with E-state index in [0.717, 1.165) is 18.3 Å². The van der Waals surface area contributed by atoms with E-state index in [0.29, 0.717) is 31.2 Å². The molecule has 7 nitrogen and oxygen atoms in total. The topological polar surface area (TPSA) is 107 Å². The normalized spacial score (nSPS) is 23.5. The number of carbonyl (C=O) groups excluding carboxylic acids is 2. The lowest BCUT2D eigenvalue weighted by molar-refractivity contribution is -0.140. The Morgan fingerprint density at radius 3 is 2.21 bits per heavy atom. The third kappa shape index (κ3) is 4.59. The van der Waals surface area contributed by atoms with E-state index >= 15 is 0 Å². The van der Waals surface area contributed by atoms with Crippen LogP contribution in [0.5, 0.6) is 0 Å². The average molecular weight is 568 g/mol. The van der Waals surface area contributed by atoms with E-state index in [1.165, 1.54) is 35.2 Å². The van der Waals surface area contributed by atoms with Gasteiger partial charge in [-0.3, -0.25) is 9.59 Å². The van der Waals surface area contributed by atoms with Crippen molar-refractivity contribution in [2.75, 3.05) is 6.54 Å². The first kappa shape index (κ1) is 26.7. The molecule has 12 heteroatoms. The molecule has 3 aliphatic rings.